The fourth-order valence-corrected chi connectivity index (χ4v) is 2.43. The van der Waals surface area contributed by atoms with E-state index in [4.69, 9.17) is 9.47 Å². The van der Waals surface area contributed by atoms with Crippen LogP contribution in [-0.2, 0) is 0 Å². The van der Waals surface area contributed by atoms with Gasteiger partial charge in [-0.1, -0.05) is 6.07 Å². The van der Waals surface area contributed by atoms with Crippen LogP contribution in [0.2, 0.25) is 0 Å². The first-order valence-corrected chi connectivity index (χ1v) is 5.18. The van der Waals surface area contributed by atoms with E-state index >= 15 is 0 Å². The number of benzene rings is 1. The third-order valence-corrected chi connectivity index (χ3v) is 3.16. The van der Waals surface area contributed by atoms with Crippen molar-refractivity contribution in [1.29, 1.82) is 0 Å². The molecule has 0 amide bonds. The second kappa shape index (κ2) is 3.54. The van der Waals surface area contributed by atoms with Crippen molar-refractivity contribution < 1.29 is 9.47 Å². The lowest BCUT2D eigenvalue weighted by Crippen LogP contribution is -1.89. The highest BCUT2D eigenvalue weighted by Crippen LogP contribution is 2.33. The number of ether oxygens (including phenoxy) is 2. The fourth-order valence-electron chi connectivity index (χ4n) is 1.50. The van der Waals surface area contributed by atoms with Crippen LogP contribution in [0.4, 0.5) is 0 Å². The van der Waals surface area contributed by atoms with Crippen LogP contribution in [-0.4, -0.2) is 22.1 Å². The minimum Gasteiger partial charge on any atom is -0.493 e. The van der Waals surface area contributed by atoms with E-state index in [0.717, 1.165) is 11.5 Å². The Bertz CT molecular complexity index is 423. The first-order chi connectivity index (χ1) is 6.74. The van der Waals surface area contributed by atoms with E-state index in [2.05, 4.69) is 13.9 Å². The standard InChI is InChI=1S/C10H11BO2S/c1-12-7-3-6-4-10(11)14-9(6)5-8(7)13-2/h3-5H,11H2,1-2H3. The normalized spacial score (nSPS) is 10.4. The zero-order chi connectivity index (χ0) is 10.1. The Morgan fingerprint density at radius 3 is 2.36 bits per heavy atom. The maximum absolute atomic E-state index is 5.24. The van der Waals surface area contributed by atoms with Crippen molar-refractivity contribution in [1.82, 2.24) is 0 Å². The summed E-state index contributed by atoms with van der Waals surface area (Å²) in [7, 11) is 5.41. The Morgan fingerprint density at radius 1 is 1.07 bits per heavy atom. The Kier molecular flexibility index (Phi) is 2.38. The van der Waals surface area contributed by atoms with Gasteiger partial charge in [0.2, 0.25) is 0 Å². The third kappa shape index (κ3) is 1.46. The van der Waals surface area contributed by atoms with Gasteiger partial charge in [0, 0.05) is 10.8 Å². The van der Waals surface area contributed by atoms with Crippen molar-refractivity contribution in [2.75, 3.05) is 14.2 Å². The van der Waals surface area contributed by atoms with Crippen molar-refractivity contribution in [3.8, 4) is 11.5 Å². The van der Waals surface area contributed by atoms with Crippen LogP contribution in [0.15, 0.2) is 18.2 Å². The summed E-state index contributed by atoms with van der Waals surface area (Å²) in [6, 6.07) is 6.19. The number of fused-ring (bicyclic) bond motifs is 1. The lowest BCUT2D eigenvalue weighted by Gasteiger charge is -2.06. The van der Waals surface area contributed by atoms with Crippen LogP contribution < -0.4 is 14.3 Å². The predicted octanol–water partition coefficient (Wildman–Crippen LogP) is 1.18. The lowest BCUT2D eigenvalue weighted by atomic mass is 10.1. The summed E-state index contributed by atoms with van der Waals surface area (Å²) >= 11 is 1.77. The molecule has 2 nitrogen and oxygen atoms in total. The molecule has 4 heteroatoms. The molecular formula is C10H11BO2S. The van der Waals surface area contributed by atoms with Gasteiger partial charge in [-0.05, 0) is 16.2 Å². The quantitative estimate of drug-likeness (QED) is 0.687. The smallest absolute Gasteiger partial charge is 0.162 e. The molecule has 0 aliphatic carbocycles. The van der Waals surface area contributed by atoms with Crippen LogP contribution >= 0.6 is 11.3 Å². The molecular weight excluding hydrogens is 195 g/mol. The van der Waals surface area contributed by atoms with E-state index in [1.54, 1.807) is 25.6 Å². The third-order valence-electron chi connectivity index (χ3n) is 2.15. The highest BCUT2D eigenvalue weighted by Gasteiger charge is 2.07. The second-order valence-electron chi connectivity index (χ2n) is 3.10. The number of methoxy groups -OCH3 is 2. The van der Waals surface area contributed by atoms with E-state index in [0.29, 0.717) is 0 Å². The summed E-state index contributed by atoms with van der Waals surface area (Å²) in [5.74, 6) is 1.58. The molecule has 0 radical (unpaired) electrons. The minimum absolute atomic E-state index is 0.790. The number of thiophene rings is 1. The molecule has 0 saturated heterocycles. The second-order valence-corrected chi connectivity index (χ2v) is 4.39. The van der Waals surface area contributed by atoms with Crippen LogP contribution in [0.25, 0.3) is 10.1 Å². The fraction of sp³-hybridized carbons (Fsp3) is 0.200. The van der Waals surface area contributed by atoms with Gasteiger partial charge in [-0.25, -0.2) is 0 Å². The van der Waals surface area contributed by atoms with E-state index in [1.807, 2.05) is 12.1 Å². The number of rotatable bonds is 2. The molecule has 0 N–H and O–H groups in total. The molecule has 0 spiro atoms. The van der Waals surface area contributed by atoms with Gasteiger partial charge in [-0.2, -0.15) is 11.3 Å². The van der Waals surface area contributed by atoms with Gasteiger partial charge < -0.3 is 9.47 Å². The molecule has 0 aliphatic rings. The molecule has 0 fully saturated rings. The monoisotopic (exact) mass is 206 g/mol. The molecule has 1 aromatic carbocycles. The molecule has 0 saturated carbocycles. The van der Waals surface area contributed by atoms with E-state index in [1.165, 1.54) is 14.9 Å². The van der Waals surface area contributed by atoms with Crippen molar-refractivity contribution in [3.63, 3.8) is 0 Å². The SMILES string of the molecule is Bc1cc2cc(OC)c(OC)cc2s1. The minimum atomic E-state index is 0.790. The lowest BCUT2D eigenvalue weighted by molar-refractivity contribution is 0.356. The summed E-state index contributed by atoms with van der Waals surface area (Å²) in [6.45, 7) is 0. The highest BCUT2D eigenvalue weighted by atomic mass is 32.1. The Balaban J connectivity index is 2.68. The van der Waals surface area contributed by atoms with Crippen molar-refractivity contribution in [2.45, 2.75) is 0 Å². The van der Waals surface area contributed by atoms with E-state index in [9.17, 15) is 0 Å². The van der Waals surface area contributed by atoms with Gasteiger partial charge in [0.25, 0.3) is 0 Å². The molecule has 14 heavy (non-hydrogen) atoms. The zero-order valence-electron chi connectivity index (χ0n) is 8.46. The molecule has 1 aromatic heterocycles. The van der Waals surface area contributed by atoms with Gasteiger partial charge in [0.05, 0.1) is 14.2 Å². The van der Waals surface area contributed by atoms with Crippen LogP contribution in [0.1, 0.15) is 0 Å². The van der Waals surface area contributed by atoms with Crippen LogP contribution in [0.3, 0.4) is 0 Å². The predicted molar refractivity (Wildman–Crippen MR) is 63.1 cm³/mol. The van der Waals surface area contributed by atoms with Gasteiger partial charge >= 0.3 is 0 Å². The highest BCUT2D eigenvalue weighted by molar-refractivity contribution is 7.26. The Morgan fingerprint density at radius 2 is 1.71 bits per heavy atom. The topological polar surface area (TPSA) is 18.5 Å². The van der Waals surface area contributed by atoms with Gasteiger partial charge in [-0.15, -0.1) is 0 Å². The average Bonchev–Trinajstić information content (AvgIpc) is 2.54. The van der Waals surface area contributed by atoms with Crippen molar-refractivity contribution >= 4 is 34.0 Å². The maximum Gasteiger partial charge on any atom is 0.162 e. The van der Waals surface area contributed by atoms with Crippen LogP contribution in [0.5, 0.6) is 11.5 Å². The number of hydrogen-bond acceptors (Lipinski definition) is 3. The summed E-state index contributed by atoms with van der Waals surface area (Å²) in [6.07, 6.45) is 0. The Hall–Kier alpha value is -1.16. The molecule has 0 unspecified atom stereocenters. The Labute approximate surface area is 87.9 Å². The van der Waals surface area contributed by atoms with Crippen LogP contribution in [0, 0.1) is 0 Å². The van der Waals surface area contributed by atoms with Gasteiger partial charge in [0.1, 0.15) is 0 Å². The first-order valence-electron chi connectivity index (χ1n) is 4.37. The molecule has 0 atom stereocenters. The first kappa shape index (κ1) is 9.40. The molecule has 72 valence electrons. The summed E-state index contributed by atoms with van der Waals surface area (Å²) in [5.41, 5.74) is 0. The zero-order valence-corrected chi connectivity index (χ0v) is 9.27. The molecule has 2 aromatic rings. The average molecular weight is 206 g/mol. The summed E-state index contributed by atoms with van der Waals surface area (Å²) in [5, 5.41) is 1.21. The summed E-state index contributed by atoms with van der Waals surface area (Å²) in [4.78, 5) is 0. The largest absolute Gasteiger partial charge is 0.493 e. The molecule has 2 rings (SSSR count). The van der Waals surface area contributed by atoms with Crippen molar-refractivity contribution in [3.05, 3.63) is 18.2 Å². The van der Waals surface area contributed by atoms with Gasteiger partial charge in [-0.3, -0.25) is 0 Å². The van der Waals surface area contributed by atoms with Gasteiger partial charge in [0.15, 0.2) is 19.3 Å². The van der Waals surface area contributed by atoms with E-state index in [-0.39, 0.29) is 0 Å². The summed E-state index contributed by atoms with van der Waals surface area (Å²) < 4.78 is 13.0. The molecule has 1 heterocycles. The van der Waals surface area contributed by atoms with E-state index < -0.39 is 0 Å². The molecule has 0 bridgehead atoms. The molecule has 0 aliphatic heterocycles. The number of hydrogen-bond donors (Lipinski definition) is 0. The maximum atomic E-state index is 5.24. The van der Waals surface area contributed by atoms with Crippen molar-refractivity contribution in [2.24, 2.45) is 0 Å².